The summed E-state index contributed by atoms with van der Waals surface area (Å²) in [7, 11) is 0. The zero-order chi connectivity index (χ0) is 14.0. The third-order valence-corrected chi connectivity index (χ3v) is 2.97. The summed E-state index contributed by atoms with van der Waals surface area (Å²) < 4.78 is 27.0. The van der Waals surface area contributed by atoms with E-state index in [1.54, 1.807) is 12.1 Å². The fourth-order valence-electron chi connectivity index (χ4n) is 1.61. The van der Waals surface area contributed by atoms with E-state index >= 15 is 0 Å². The van der Waals surface area contributed by atoms with Crippen molar-refractivity contribution in [3.63, 3.8) is 0 Å². The first-order valence-corrected chi connectivity index (χ1v) is 6.08. The van der Waals surface area contributed by atoms with Crippen molar-refractivity contribution in [2.45, 2.75) is 0 Å². The van der Waals surface area contributed by atoms with Gasteiger partial charge in [0.15, 0.2) is 0 Å². The number of halogens is 3. The molecule has 0 aliphatic heterocycles. The van der Waals surface area contributed by atoms with Gasteiger partial charge in [0.1, 0.15) is 16.6 Å². The lowest BCUT2D eigenvalue weighted by molar-refractivity contribution is 0.626. The summed E-state index contributed by atoms with van der Waals surface area (Å²) in [4.78, 5) is -0.0740. The second kappa shape index (κ2) is 5.50. The smallest absolute Gasteiger partial charge is 0.143 e. The lowest BCUT2D eigenvalue weighted by Gasteiger charge is -2.12. The number of hydrogen-bond acceptors (Lipinski definition) is 2. The Morgan fingerprint density at radius 2 is 1.89 bits per heavy atom. The van der Waals surface area contributed by atoms with Crippen LogP contribution in [0, 0.1) is 11.6 Å². The van der Waals surface area contributed by atoms with Crippen LogP contribution in [0.15, 0.2) is 36.4 Å². The topological polar surface area (TPSA) is 38.0 Å². The Hall–Kier alpha value is -1.72. The Morgan fingerprint density at radius 3 is 2.53 bits per heavy atom. The van der Waals surface area contributed by atoms with E-state index in [0.29, 0.717) is 11.4 Å². The van der Waals surface area contributed by atoms with Gasteiger partial charge in [-0.25, -0.2) is 8.78 Å². The maximum atomic E-state index is 13.6. The number of thiocarbonyl (C=S) groups is 1. The predicted molar refractivity (Wildman–Crippen MR) is 77.0 cm³/mol. The van der Waals surface area contributed by atoms with Gasteiger partial charge in [-0.2, -0.15) is 0 Å². The standard InChI is InChI=1S/C13H9ClF2N2S/c14-8-5-4-7(6-10(8)16)18-11-3-1-2-9(15)12(11)13(17)19/h1-6,18H,(H2,17,19). The van der Waals surface area contributed by atoms with Gasteiger partial charge in [0, 0.05) is 5.69 Å². The van der Waals surface area contributed by atoms with Crippen molar-refractivity contribution < 1.29 is 8.78 Å². The Morgan fingerprint density at radius 1 is 1.16 bits per heavy atom. The van der Waals surface area contributed by atoms with Gasteiger partial charge in [0.25, 0.3) is 0 Å². The summed E-state index contributed by atoms with van der Waals surface area (Å²) in [6.07, 6.45) is 0. The van der Waals surface area contributed by atoms with E-state index in [-0.39, 0.29) is 15.6 Å². The van der Waals surface area contributed by atoms with Crippen molar-refractivity contribution in [1.29, 1.82) is 0 Å². The highest BCUT2D eigenvalue weighted by Crippen LogP contribution is 2.25. The molecule has 0 saturated carbocycles. The van der Waals surface area contributed by atoms with Gasteiger partial charge in [0.05, 0.1) is 16.3 Å². The maximum absolute atomic E-state index is 13.6. The second-order valence-corrected chi connectivity index (χ2v) is 4.63. The first-order valence-electron chi connectivity index (χ1n) is 5.29. The molecule has 0 aliphatic rings. The molecule has 2 nitrogen and oxygen atoms in total. The molecule has 0 saturated heterocycles. The number of hydrogen-bond donors (Lipinski definition) is 2. The molecule has 0 bridgehead atoms. The molecule has 3 N–H and O–H groups in total. The molecule has 98 valence electrons. The fourth-order valence-corrected chi connectivity index (χ4v) is 1.93. The number of nitrogens with two attached hydrogens (primary N) is 1. The zero-order valence-electron chi connectivity index (χ0n) is 9.58. The summed E-state index contributed by atoms with van der Waals surface area (Å²) in [5, 5.41) is 2.87. The van der Waals surface area contributed by atoms with Gasteiger partial charge in [-0.3, -0.25) is 0 Å². The average Bonchev–Trinajstić information content (AvgIpc) is 2.33. The monoisotopic (exact) mass is 298 g/mol. The van der Waals surface area contributed by atoms with Crippen molar-refractivity contribution in [2.24, 2.45) is 5.73 Å². The highest BCUT2D eigenvalue weighted by Gasteiger charge is 2.11. The van der Waals surface area contributed by atoms with Gasteiger partial charge < -0.3 is 11.1 Å². The van der Waals surface area contributed by atoms with Crippen LogP contribution in [0.25, 0.3) is 0 Å². The molecule has 6 heteroatoms. The number of anilines is 2. The fraction of sp³-hybridized carbons (Fsp3) is 0. The van der Waals surface area contributed by atoms with Crippen molar-refractivity contribution in [3.05, 3.63) is 58.6 Å². The summed E-state index contributed by atoms with van der Waals surface area (Å²) in [6.45, 7) is 0. The van der Waals surface area contributed by atoms with Crippen LogP contribution in [0.3, 0.4) is 0 Å². The molecule has 0 spiro atoms. The summed E-state index contributed by atoms with van der Waals surface area (Å²) >= 11 is 10.4. The summed E-state index contributed by atoms with van der Waals surface area (Å²) in [5.41, 5.74) is 6.36. The second-order valence-electron chi connectivity index (χ2n) is 3.78. The molecule has 0 heterocycles. The zero-order valence-corrected chi connectivity index (χ0v) is 11.2. The molecule has 0 amide bonds. The molecule has 0 aliphatic carbocycles. The van der Waals surface area contributed by atoms with Crippen LogP contribution in [-0.4, -0.2) is 4.99 Å². The quantitative estimate of drug-likeness (QED) is 0.841. The van der Waals surface area contributed by atoms with Crippen LogP contribution in [0.4, 0.5) is 20.2 Å². The van der Waals surface area contributed by atoms with Crippen LogP contribution in [0.1, 0.15) is 5.56 Å². The number of benzene rings is 2. The van der Waals surface area contributed by atoms with Crippen LogP contribution < -0.4 is 11.1 Å². The summed E-state index contributed by atoms with van der Waals surface area (Å²) in [6, 6.07) is 8.53. The van der Waals surface area contributed by atoms with E-state index in [2.05, 4.69) is 5.32 Å². The third kappa shape index (κ3) is 3.00. The molecule has 2 aromatic rings. The molecule has 0 fully saturated rings. The first-order chi connectivity index (χ1) is 8.99. The lowest BCUT2D eigenvalue weighted by Crippen LogP contribution is -2.14. The highest BCUT2D eigenvalue weighted by molar-refractivity contribution is 7.80. The van der Waals surface area contributed by atoms with Gasteiger partial charge in [0.2, 0.25) is 0 Å². The van der Waals surface area contributed by atoms with E-state index in [0.717, 1.165) is 0 Å². The third-order valence-electron chi connectivity index (χ3n) is 2.46. The van der Waals surface area contributed by atoms with Gasteiger partial charge >= 0.3 is 0 Å². The Balaban J connectivity index is 2.40. The maximum Gasteiger partial charge on any atom is 0.143 e. The van der Waals surface area contributed by atoms with Crippen LogP contribution in [-0.2, 0) is 0 Å². The number of nitrogens with one attached hydrogen (secondary N) is 1. The van der Waals surface area contributed by atoms with E-state index in [9.17, 15) is 8.78 Å². The molecular weight excluding hydrogens is 290 g/mol. The molecule has 0 unspecified atom stereocenters. The Labute approximate surface area is 119 Å². The highest BCUT2D eigenvalue weighted by atomic mass is 35.5. The summed E-state index contributed by atoms with van der Waals surface area (Å²) in [5.74, 6) is -1.10. The van der Waals surface area contributed by atoms with Crippen LogP contribution in [0.5, 0.6) is 0 Å². The Bertz CT molecular complexity index is 647. The lowest BCUT2D eigenvalue weighted by atomic mass is 10.1. The molecule has 19 heavy (non-hydrogen) atoms. The Kier molecular flexibility index (Phi) is 3.97. The van der Waals surface area contributed by atoms with E-state index in [1.807, 2.05) is 0 Å². The minimum Gasteiger partial charge on any atom is -0.389 e. The van der Waals surface area contributed by atoms with Gasteiger partial charge in [-0.05, 0) is 30.3 Å². The van der Waals surface area contributed by atoms with Crippen molar-refractivity contribution in [2.75, 3.05) is 5.32 Å². The van der Waals surface area contributed by atoms with E-state index < -0.39 is 11.6 Å². The van der Waals surface area contributed by atoms with Crippen LogP contribution >= 0.6 is 23.8 Å². The molecule has 2 aromatic carbocycles. The molecule has 2 rings (SSSR count). The van der Waals surface area contributed by atoms with Crippen molar-refractivity contribution in [1.82, 2.24) is 0 Å². The molecular formula is C13H9ClF2N2S. The first kappa shape index (κ1) is 13.7. The van der Waals surface area contributed by atoms with Gasteiger partial charge in [-0.1, -0.05) is 29.9 Å². The average molecular weight is 299 g/mol. The minimum atomic E-state index is -0.569. The number of rotatable bonds is 3. The predicted octanol–water partition coefficient (Wildman–Crippen LogP) is 4.00. The van der Waals surface area contributed by atoms with E-state index in [4.69, 9.17) is 29.6 Å². The SMILES string of the molecule is NC(=S)c1c(F)cccc1Nc1ccc(Cl)c(F)c1. The van der Waals surface area contributed by atoms with Crippen molar-refractivity contribution >= 4 is 40.2 Å². The van der Waals surface area contributed by atoms with Crippen LogP contribution in [0.2, 0.25) is 5.02 Å². The molecule has 0 atom stereocenters. The normalized spacial score (nSPS) is 10.3. The minimum absolute atomic E-state index is 0.0133. The molecule has 0 aromatic heterocycles. The molecule has 0 radical (unpaired) electrons. The van der Waals surface area contributed by atoms with Gasteiger partial charge in [-0.15, -0.1) is 0 Å². The van der Waals surface area contributed by atoms with E-state index in [1.165, 1.54) is 24.3 Å². The largest absolute Gasteiger partial charge is 0.389 e. The van der Waals surface area contributed by atoms with Crippen molar-refractivity contribution in [3.8, 4) is 0 Å².